The highest BCUT2D eigenvalue weighted by molar-refractivity contribution is 9.11. The molecule has 0 aliphatic rings. The fraction of sp³-hybridized carbons (Fsp3) is 0.273. The molecule has 0 aliphatic carbocycles. The maximum Gasteiger partial charge on any atom is 0.137 e. The second-order valence-corrected chi connectivity index (χ2v) is 4.66. The maximum atomic E-state index is 5.30. The molecule has 2 nitrogen and oxygen atoms in total. The Hall–Kier alpha value is -0.500. The lowest BCUT2D eigenvalue weighted by Crippen LogP contribution is -2.13. The summed E-state index contributed by atoms with van der Waals surface area (Å²) >= 11 is 6.88. The van der Waals surface area contributed by atoms with Crippen molar-refractivity contribution in [3.05, 3.63) is 26.6 Å². The monoisotopic (exact) mass is 331 g/mol. The van der Waals surface area contributed by atoms with Crippen LogP contribution in [0, 0.1) is 12.3 Å². The zero-order valence-electron chi connectivity index (χ0n) is 8.31. The maximum absolute atomic E-state index is 5.30. The zero-order valence-corrected chi connectivity index (χ0v) is 11.5. The Kier molecular flexibility index (Phi) is 5.16. The molecule has 0 spiro atoms. The van der Waals surface area contributed by atoms with Crippen LogP contribution in [0.2, 0.25) is 0 Å². The van der Waals surface area contributed by atoms with Gasteiger partial charge in [-0.15, -0.1) is 6.42 Å². The molecular weight excluding hydrogens is 322 g/mol. The van der Waals surface area contributed by atoms with E-state index in [9.17, 15) is 0 Å². The number of halogens is 2. The molecule has 0 radical (unpaired) electrons. The second kappa shape index (κ2) is 6.16. The molecule has 0 saturated heterocycles. The average molecular weight is 333 g/mol. The third-order valence-electron chi connectivity index (χ3n) is 1.83. The van der Waals surface area contributed by atoms with Crippen LogP contribution in [0.25, 0.3) is 0 Å². The highest BCUT2D eigenvalue weighted by atomic mass is 79.9. The van der Waals surface area contributed by atoms with Crippen LogP contribution < -0.4 is 10.1 Å². The molecule has 0 saturated carbocycles. The van der Waals surface area contributed by atoms with Crippen LogP contribution in [0.5, 0.6) is 5.75 Å². The van der Waals surface area contributed by atoms with Gasteiger partial charge in [0.05, 0.1) is 18.1 Å². The first-order valence-electron chi connectivity index (χ1n) is 4.35. The first kappa shape index (κ1) is 12.6. The van der Waals surface area contributed by atoms with Crippen molar-refractivity contribution in [2.75, 3.05) is 13.7 Å². The summed E-state index contributed by atoms with van der Waals surface area (Å²) in [5.41, 5.74) is 1.06. The smallest absolute Gasteiger partial charge is 0.137 e. The first-order valence-corrected chi connectivity index (χ1v) is 5.93. The van der Waals surface area contributed by atoms with Gasteiger partial charge in [-0.05, 0) is 28.1 Å². The molecule has 0 aromatic heterocycles. The Morgan fingerprint density at radius 1 is 1.47 bits per heavy atom. The highest BCUT2D eigenvalue weighted by Gasteiger charge is 2.08. The van der Waals surface area contributed by atoms with Crippen molar-refractivity contribution >= 4 is 31.9 Å². The third kappa shape index (κ3) is 3.53. The molecular formula is C11H11Br2NO. The SMILES string of the molecule is C#CCNCc1cc(Br)cc(Br)c1OC. The van der Waals surface area contributed by atoms with Crippen LogP contribution in [0.15, 0.2) is 21.1 Å². The number of rotatable bonds is 4. The fourth-order valence-corrected chi connectivity index (χ4v) is 2.72. The van der Waals surface area contributed by atoms with Crippen LogP contribution in [0.3, 0.4) is 0 Å². The third-order valence-corrected chi connectivity index (χ3v) is 2.88. The lowest BCUT2D eigenvalue weighted by atomic mass is 10.2. The Morgan fingerprint density at radius 3 is 2.80 bits per heavy atom. The second-order valence-electron chi connectivity index (χ2n) is 2.89. The van der Waals surface area contributed by atoms with Gasteiger partial charge in [0.15, 0.2) is 0 Å². The summed E-state index contributed by atoms with van der Waals surface area (Å²) in [5, 5.41) is 3.12. The summed E-state index contributed by atoms with van der Waals surface area (Å²) < 4.78 is 7.24. The van der Waals surface area contributed by atoms with Crippen molar-refractivity contribution in [1.29, 1.82) is 0 Å². The Balaban J connectivity index is 2.89. The standard InChI is InChI=1S/C11H11Br2NO/c1-3-4-14-7-8-5-9(12)6-10(13)11(8)15-2/h1,5-6,14H,4,7H2,2H3. The molecule has 0 unspecified atom stereocenters. The van der Waals surface area contributed by atoms with Gasteiger partial charge >= 0.3 is 0 Å². The van der Waals surface area contributed by atoms with Crippen molar-refractivity contribution in [2.45, 2.75) is 6.54 Å². The van der Waals surface area contributed by atoms with Crippen LogP contribution in [-0.4, -0.2) is 13.7 Å². The van der Waals surface area contributed by atoms with Gasteiger partial charge in [-0.25, -0.2) is 0 Å². The average Bonchev–Trinajstić information content (AvgIpc) is 2.17. The Labute approximate surface area is 107 Å². The van der Waals surface area contributed by atoms with Crippen LogP contribution in [0.4, 0.5) is 0 Å². The summed E-state index contributed by atoms with van der Waals surface area (Å²) in [5.74, 6) is 3.37. The van der Waals surface area contributed by atoms with Gasteiger partial charge in [0, 0.05) is 16.6 Å². The molecule has 0 fully saturated rings. The molecule has 15 heavy (non-hydrogen) atoms. The van der Waals surface area contributed by atoms with Gasteiger partial charge in [0.2, 0.25) is 0 Å². The lowest BCUT2D eigenvalue weighted by Gasteiger charge is -2.11. The quantitative estimate of drug-likeness (QED) is 0.676. The molecule has 0 bridgehead atoms. The van der Waals surface area contributed by atoms with E-state index in [2.05, 4.69) is 43.1 Å². The van der Waals surface area contributed by atoms with E-state index < -0.39 is 0 Å². The minimum Gasteiger partial charge on any atom is -0.495 e. The zero-order chi connectivity index (χ0) is 11.3. The summed E-state index contributed by atoms with van der Waals surface area (Å²) in [7, 11) is 1.65. The Bertz CT molecular complexity index is 385. The number of benzene rings is 1. The van der Waals surface area contributed by atoms with E-state index in [0.717, 1.165) is 20.3 Å². The molecule has 0 aliphatic heterocycles. The first-order chi connectivity index (χ1) is 7.19. The van der Waals surface area contributed by atoms with E-state index >= 15 is 0 Å². The van der Waals surface area contributed by atoms with Gasteiger partial charge in [0.1, 0.15) is 5.75 Å². The van der Waals surface area contributed by atoms with E-state index in [0.29, 0.717) is 13.1 Å². The molecule has 80 valence electrons. The molecule has 0 atom stereocenters. The van der Waals surface area contributed by atoms with Gasteiger partial charge in [-0.3, -0.25) is 0 Å². The lowest BCUT2D eigenvalue weighted by molar-refractivity contribution is 0.405. The molecule has 1 N–H and O–H groups in total. The number of methoxy groups -OCH3 is 1. The van der Waals surface area contributed by atoms with E-state index in [1.54, 1.807) is 7.11 Å². The van der Waals surface area contributed by atoms with Gasteiger partial charge < -0.3 is 10.1 Å². The van der Waals surface area contributed by atoms with Crippen LogP contribution >= 0.6 is 31.9 Å². The summed E-state index contributed by atoms with van der Waals surface area (Å²) in [6.07, 6.45) is 5.16. The van der Waals surface area contributed by atoms with E-state index in [4.69, 9.17) is 11.2 Å². The molecule has 1 aromatic rings. The van der Waals surface area contributed by atoms with Crippen molar-refractivity contribution in [3.63, 3.8) is 0 Å². The van der Waals surface area contributed by atoms with Crippen molar-refractivity contribution in [2.24, 2.45) is 0 Å². The predicted molar refractivity (Wildman–Crippen MR) is 68.9 cm³/mol. The molecule has 4 heteroatoms. The minimum atomic E-state index is 0.549. The van der Waals surface area contributed by atoms with Gasteiger partial charge in [0.25, 0.3) is 0 Å². The van der Waals surface area contributed by atoms with E-state index in [-0.39, 0.29) is 0 Å². The minimum absolute atomic E-state index is 0.549. The molecule has 1 rings (SSSR count). The molecule has 1 aromatic carbocycles. The topological polar surface area (TPSA) is 21.3 Å². The van der Waals surface area contributed by atoms with E-state index in [1.165, 1.54) is 0 Å². The van der Waals surface area contributed by atoms with Gasteiger partial charge in [-0.2, -0.15) is 0 Å². The van der Waals surface area contributed by atoms with Crippen molar-refractivity contribution in [1.82, 2.24) is 5.32 Å². The van der Waals surface area contributed by atoms with Crippen LogP contribution in [-0.2, 0) is 6.54 Å². The number of nitrogens with one attached hydrogen (secondary N) is 1. The largest absolute Gasteiger partial charge is 0.495 e. The number of terminal acetylenes is 1. The van der Waals surface area contributed by atoms with Crippen molar-refractivity contribution < 1.29 is 4.74 Å². The van der Waals surface area contributed by atoms with Gasteiger partial charge in [-0.1, -0.05) is 21.9 Å². The highest BCUT2D eigenvalue weighted by Crippen LogP contribution is 2.32. The fourth-order valence-electron chi connectivity index (χ4n) is 1.24. The summed E-state index contributed by atoms with van der Waals surface area (Å²) in [4.78, 5) is 0. The summed E-state index contributed by atoms with van der Waals surface area (Å²) in [6.45, 7) is 1.23. The Morgan fingerprint density at radius 2 is 2.20 bits per heavy atom. The number of ether oxygens (including phenoxy) is 1. The predicted octanol–water partition coefficient (Wildman–Crippen LogP) is 2.94. The van der Waals surface area contributed by atoms with E-state index in [1.807, 2.05) is 12.1 Å². The number of hydrogen-bond donors (Lipinski definition) is 1. The van der Waals surface area contributed by atoms with Crippen LogP contribution in [0.1, 0.15) is 5.56 Å². The van der Waals surface area contributed by atoms with Crippen molar-refractivity contribution in [3.8, 4) is 18.1 Å². The number of hydrogen-bond acceptors (Lipinski definition) is 2. The summed E-state index contributed by atoms with van der Waals surface area (Å²) in [6, 6.07) is 3.95. The molecule has 0 amide bonds. The normalized spacial score (nSPS) is 9.73. The molecule has 0 heterocycles.